The molecule has 3 aromatic carbocycles. The number of sulfonamides is 1. The number of allylic oxidation sites excluding steroid dienone is 2. The third-order valence-electron chi connectivity index (χ3n) is 13.9. The van der Waals surface area contributed by atoms with Crippen LogP contribution in [0.15, 0.2) is 62.3 Å². The average Bonchev–Trinajstić information content (AvgIpc) is 3.58. The van der Waals surface area contributed by atoms with Gasteiger partial charge in [0.05, 0.1) is 35.2 Å². The minimum absolute atomic E-state index is 0.0154. The van der Waals surface area contributed by atoms with Crippen LogP contribution >= 0.6 is 0 Å². The molecule has 23 heteroatoms. The fourth-order valence-electron chi connectivity index (χ4n) is 9.60. The van der Waals surface area contributed by atoms with Gasteiger partial charge in [-0.3, -0.25) is 19.2 Å². The Balaban J connectivity index is 1.43. The first-order chi connectivity index (χ1) is 33.6. The summed E-state index contributed by atoms with van der Waals surface area (Å²) in [6.45, 7) is 12.2. The van der Waals surface area contributed by atoms with Crippen LogP contribution in [0.5, 0.6) is 11.5 Å². The van der Waals surface area contributed by atoms with Crippen molar-refractivity contribution in [3.8, 4) is 11.5 Å². The van der Waals surface area contributed by atoms with Crippen molar-refractivity contribution in [3.05, 3.63) is 79.5 Å². The Kier molecular flexibility index (Phi) is 14.8. The Morgan fingerprint density at radius 1 is 0.972 bits per heavy atom. The van der Waals surface area contributed by atoms with E-state index in [0.29, 0.717) is 0 Å². The van der Waals surface area contributed by atoms with Gasteiger partial charge >= 0.3 is 27.3 Å². The van der Waals surface area contributed by atoms with Gasteiger partial charge in [-0.25, -0.2) is 18.1 Å². The second-order valence-electron chi connectivity index (χ2n) is 18.9. The summed E-state index contributed by atoms with van der Waals surface area (Å²) in [4.78, 5) is 61.6. The standard InChI is InChI=1S/C49H57F3N4O15S/c1-21-11-10-12-22(2)47(64)54-38-42(62)34-33(37-45(38)70-32-20-29(19-30(58)36(32)53-37)56-16-13-28(14-17-56)55-72(65,66)49(50,51)52)35-44(26(6)41(34)61)71-48(8,46(35)63)68-18-15-31(67-9)23(3)43(69-27(7)57)25(5)40(60)24(4)39(21)59/h10-12,15,18-21,23-25,28,31,39-40,43,55,59-61,63H,13-14,16-17H2,1-9H3,(H,54,64)/b11-10+,18-15+,22-12-/t21-,23+,24+,25+,31-,39-,40+,43+,48-/m0/s1. The summed E-state index contributed by atoms with van der Waals surface area (Å²) in [6, 6.07) is 1.53. The number of nitrogens with zero attached hydrogens (tertiary/aromatic N) is 2. The molecular formula is C49H57F3N4O15S. The molecule has 3 aliphatic rings. The van der Waals surface area contributed by atoms with E-state index >= 15 is 0 Å². The van der Waals surface area contributed by atoms with Crippen molar-refractivity contribution in [2.24, 2.45) is 23.7 Å². The van der Waals surface area contributed by atoms with Crippen LogP contribution in [0.2, 0.25) is 0 Å². The molecule has 0 unspecified atom stereocenters. The SMILES string of the molecule is CO[C@H]1/C=C/O[C@@]2(C)Oc3c(C)c(O)c4c(=O)c(c5oc6cc(N7CCC(NS(=O)(=O)C(F)(F)F)CC7)cc(=O)c6nc5c4c3=C2O)NC(=O)/C(C)=C\C=C\[C@H](C)[C@H](O)[C@@H](C)[C@@H](O)[C@@H](C)[C@H](OC(C)=O)[C@@H]1C. The Labute approximate surface area is 410 Å². The zero-order chi connectivity index (χ0) is 53.1. The first kappa shape index (κ1) is 53.5. The smallest absolute Gasteiger partial charge is 0.507 e. The number of esters is 1. The van der Waals surface area contributed by atoms with Gasteiger partial charge in [-0.2, -0.15) is 13.2 Å². The highest BCUT2D eigenvalue weighted by molar-refractivity contribution is 7.90. The zero-order valence-corrected chi connectivity index (χ0v) is 41.6. The van der Waals surface area contributed by atoms with E-state index in [1.807, 2.05) is 0 Å². The lowest BCUT2D eigenvalue weighted by atomic mass is 9.78. The number of aliphatic hydroxyl groups excluding tert-OH is 3. The van der Waals surface area contributed by atoms with E-state index in [9.17, 15) is 61.2 Å². The number of carbonyl (C=O) groups excluding carboxylic acids is 2. The molecule has 9 atom stereocenters. The van der Waals surface area contributed by atoms with E-state index in [4.69, 9.17) is 23.4 Å². The maximum absolute atomic E-state index is 14.9. The van der Waals surface area contributed by atoms with Gasteiger partial charge in [-0.05, 0) is 32.8 Å². The lowest BCUT2D eigenvalue weighted by Gasteiger charge is -2.38. The predicted octanol–water partition coefficient (Wildman–Crippen LogP) is 4.97. The van der Waals surface area contributed by atoms with Crippen LogP contribution in [-0.2, 0) is 33.8 Å². The molecule has 7 rings (SSSR count). The number of ether oxygens (including phenoxy) is 4. The topological polar surface area (TPSA) is 274 Å². The van der Waals surface area contributed by atoms with Crippen LogP contribution in [0.3, 0.4) is 0 Å². The molecule has 1 amide bonds. The molecule has 19 nitrogen and oxygen atoms in total. The highest BCUT2D eigenvalue weighted by Crippen LogP contribution is 2.42. The van der Waals surface area contributed by atoms with Crippen LogP contribution in [0, 0.1) is 30.6 Å². The van der Waals surface area contributed by atoms with Gasteiger partial charge in [0.15, 0.2) is 22.4 Å². The third-order valence-corrected chi connectivity index (χ3v) is 15.2. The quantitative estimate of drug-likeness (QED) is 0.0875. The fourth-order valence-corrected chi connectivity index (χ4v) is 10.4. The summed E-state index contributed by atoms with van der Waals surface area (Å²) in [5, 5.41) is 48.7. The molecule has 390 valence electrons. The minimum Gasteiger partial charge on any atom is -0.507 e. The van der Waals surface area contributed by atoms with Gasteiger partial charge in [0, 0.05) is 98.1 Å². The number of alkyl halides is 3. The highest BCUT2D eigenvalue weighted by Gasteiger charge is 2.47. The number of anilines is 2. The van der Waals surface area contributed by atoms with Gasteiger partial charge in [0.2, 0.25) is 10.9 Å². The second-order valence-corrected chi connectivity index (χ2v) is 20.6. The molecule has 72 heavy (non-hydrogen) atoms. The Morgan fingerprint density at radius 3 is 2.26 bits per heavy atom. The monoisotopic (exact) mass is 1030 g/mol. The number of carbonyl (C=O) groups is 2. The number of phenolic OH excluding ortho intramolecular Hbond substituents is 1. The number of aliphatic hydroxyl groups is 3. The van der Waals surface area contributed by atoms with Crippen LogP contribution in [0.1, 0.15) is 66.9 Å². The first-order valence-corrected chi connectivity index (χ1v) is 24.6. The van der Waals surface area contributed by atoms with Crippen LogP contribution in [0.25, 0.3) is 38.7 Å². The molecule has 1 fully saturated rings. The number of benzene rings is 3. The Hall–Kier alpha value is -6.27. The lowest BCUT2D eigenvalue weighted by Crippen LogP contribution is -2.48. The number of piperidine rings is 1. The van der Waals surface area contributed by atoms with Gasteiger partial charge in [0.1, 0.15) is 28.8 Å². The molecule has 4 aromatic rings. The van der Waals surface area contributed by atoms with Gasteiger partial charge in [-0.1, -0.05) is 45.9 Å². The summed E-state index contributed by atoms with van der Waals surface area (Å²) in [5.74, 6) is -7.72. The Morgan fingerprint density at radius 2 is 1.64 bits per heavy atom. The van der Waals surface area contributed by atoms with Crippen molar-refractivity contribution in [2.45, 2.75) is 110 Å². The number of halogens is 3. The Bertz CT molecular complexity index is 3220. The number of hydrogen-bond donors (Lipinski definition) is 6. The molecule has 6 N–H and O–H groups in total. The fraction of sp³-hybridized carbons (Fsp3) is 0.490. The van der Waals surface area contributed by atoms with Crippen molar-refractivity contribution >= 4 is 72.0 Å². The summed E-state index contributed by atoms with van der Waals surface area (Å²) >= 11 is 0. The molecule has 0 radical (unpaired) electrons. The van der Waals surface area contributed by atoms with Crippen molar-refractivity contribution in [1.29, 1.82) is 0 Å². The molecule has 0 spiro atoms. The number of phenols is 1. The van der Waals surface area contributed by atoms with Crippen molar-refractivity contribution in [2.75, 3.05) is 30.4 Å². The van der Waals surface area contributed by atoms with Crippen molar-refractivity contribution in [1.82, 2.24) is 9.71 Å². The van der Waals surface area contributed by atoms with Crippen LogP contribution < -0.4 is 35.8 Å². The van der Waals surface area contributed by atoms with Gasteiger partial charge in [0.25, 0.3) is 5.91 Å². The number of hydrogen-bond acceptors (Lipinski definition) is 17. The van der Waals surface area contributed by atoms with E-state index in [-0.39, 0.29) is 75.7 Å². The maximum Gasteiger partial charge on any atom is 0.511 e. The molecule has 4 heterocycles. The third kappa shape index (κ3) is 9.83. The lowest BCUT2D eigenvalue weighted by molar-refractivity contribution is -0.160. The number of aromatic nitrogens is 1. The number of aromatic hydroxyl groups is 1. The number of nitrogens with one attached hydrogen (secondary N) is 2. The predicted molar refractivity (Wildman–Crippen MR) is 258 cm³/mol. The van der Waals surface area contributed by atoms with Crippen molar-refractivity contribution in [3.63, 3.8) is 0 Å². The molecular weight excluding hydrogens is 974 g/mol. The molecule has 4 bridgehead atoms. The number of methoxy groups -OCH3 is 1. The zero-order valence-electron chi connectivity index (χ0n) is 40.8. The van der Waals surface area contributed by atoms with E-state index in [1.165, 1.54) is 71.4 Å². The number of rotatable bonds is 5. The summed E-state index contributed by atoms with van der Waals surface area (Å²) in [5.41, 5.74) is -8.75. The number of fused-ring (bicyclic) bond motifs is 2. The first-order valence-electron chi connectivity index (χ1n) is 23.1. The molecule has 1 aromatic heterocycles. The van der Waals surface area contributed by atoms with Crippen LogP contribution in [-0.4, -0.2) is 108 Å². The van der Waals surface area contributed by atoms with E-state index in [2.05, 4.69) is 10.3 Å². The van der Waals surface area contributed by atoms with E-state index < -0.39 is 126 Å². The molecule has 0 aliphatic carbocycles. The van der Waals surface area contributed by atoms with E-state index in [0.717, 1.165) is 0 Å². The largest absolute Gasteiger partial charge is 0.511 e. The number of amides is 1. The molecule has 0 saturated carbocycles. The second kappa shape index (κ2) is 20.0. The van der Waals surface area contributed by atoms with Gasteiger partial charge in [-0.15, -0.1) is 0 Å². The summed E-state index contributed by atoms with van der Waals surface area (Å²) in [7, 11) is -4.22. The van der Waals surface area contributed by atoms with E-state index in [1.54, 1.807) is 43.4 Å². The maximum atomic E-state index is 14.9. The molecule has 1 saturated heterocycles. The average molecular weight is 1030 g/mol. The summed E-state index contributed by atoms with van der Waals surface area (Å²) < 4.78 is 94.7. The van der Waals surface area contributed by atoms with Crippen LogP contribution in [0.4, 0.5) is 24.5 Å². The highest BCUT2D eigenvalue weighted by atomic mass is 32.2. The minimum atomic E-state index is -5.61. The molecule has 3 aliphatic heterocycles. The normalized spacial score (nSPS) is 28.9. The van der Waals surface area contributed by atoms with Gasteiger partial charge < -0.3 is 54.0 Å². The summed E-state index contributed by atoms with van der Waals surface area (Å²) in [6.07, 6.45) is 2.85. The van der Waals surface area contributed by atoms with Crippen molar-refractivity contribution < 1.29 is 75.0 Å².